The molecule has 0 saturated heterocycles. The molecule has 1 aromatic heterocycles. The molecule has 0 bridgehead atoms. The fourth-order valence-electron chi connectivity index (χ4n) is 1.48. The molecule has 2 aromatic rings. The summed E-state index contributed by atoms with van der Waals surface area (Å²) >= 11 is 1.67. The van der Waals surface area contributed by atoms with Crippen molar-refractivity contribution in [1.82, 2.24) is 9.97 Å². The Morgan fingerprint density at radius 1 is 1.53 bits per heavy atom. The Hall–Kier alpha value is -1.42. The molecule has 0 amide bonds. The highest BCUT2D eigenvalue weighted by Crippen LogP contribution is 2.24. The van der Waals surface area contributed by atoms with E-state index in [4.69, 9.17) is 4.74 Å². The maximum absolute atomic E-state index is 5.45. The van der Waals surface area contributed by atoms with Gasteiger partial charge in [-0.3, -0.25) is 0 Å². The number of nitrogens with one attached hydrogen (secondary N) is 1. The maximum Gasteiger partial charge on any atom is 0.166 e. The van der Waals surface area contributed by atoms with Gasteiger partial charge in [-0.25, -0.2) is 4.98 Å². The number of thioether (sulfide) groups is 1. The van der Waals surface area contributed by atoms with Crippen molar-refractivity contribution < 1.29 is 4.74 Å². The lowest BCUT2D eigenvalue weighted by molar-refractivity contribution is 0.340. The minimum atomic E-state index is 0.677. The van der Waals surface area contributed by atoms with Crippen molar-refractivity contribution in [1.29, 1.82) is 0 Å². The first-order chi connectivity index (χ1) is 8.19. The van der Waals surface area contributed by atoms with Crippen LogP contribution in [-0.4, -0.2) is 22.3 Å². The van der Waals surface area contributed by atoms with Crippen molar-refractivity contribution in [2.24, 2.45) is 0 Å². The van der Waals surface area contributed by atoms with E-state index < -0.39 is 0 Å². The van der Waals surface area contributed by atoms with Gasteiger partial charge in [-0.05, 0) is 26.0 Å². The molecule has 0 radical (unpaired) electrons. The molecule has 0 fully saturated rings. The van der Waals surface area contributed by atoms with Crippen LogP contribution in [0, 0.1) is 0 Å². The number of benzene rings is 1. The number of ether oxygens (including phenoxy) is 1. The van der Waals surface area contributed by atoms with Crippen molar-refractivity contribution in [3.8, 4) is 5.75 Å². The number of H-pyrrole nitrogens is 1. The molecule has 0 aliphatic carbocycles. The Morgan fingerprint density at radius 3 is 3.06 bits per heavy atom. The first-order valence-electron chi connectivity index (χ1n) is 5.59. The average molecular weight is 248 g/mol. The first-order valence-corrected chi connectivity index (χ1v) is 6.57. The largest absolute Gasteiger partial charge is 0.494 e. The van der Waals surface area contributed by atoms with E-state index >= 15 is 0 Å². The van der Waals surface area contributed by atoms with E-state index in [9.17, 15) is 0 Å². The van der Waals surface area contributed by atoms with Gasteiger partial charge >= 0.3 is 0 Å². The predicted molar refractivity (Wildman–Crippen MR) is 72.8 cm³/mol. The van der Waals surface area contributed by atoms with Crippen LogP contribution >= 0.6 is 11.8 Å². The molecule has 1 aromatic carbocycles. The molecular formula is C13H16N2OS. The monoisotopic (exact) mass is 248 g/mol. The number of aromatic nitrogens is 2. The van der Waals surface area contributed by atoms with Gasteiger partial charge < -0.3 is 9.72 Å². The minimum Gasteiger partial charge on any atom is -0.494 e. The van der Waals surface area contributed by atoms with Crippen LogP contribution in [0.3, 0.4) is 0 Å². The zero-order valence-corrected chi connectivity index (χ0v) is 10.9. The van der Waals surface area contributed by atoms with Crippen molar-refractivity contribution in [3.05, 3.63) is 30.4 Å². The molecule has 90 valence electrons. The van der Waals surface area contributed by atoms with Gasteiger partial charge in [0.05, 0.1) is 17.6 Å². The van der Waals surface area contributed by atoms with E-state index in [2.05, 4.69) is 16.5 Å². The number of nitrogens with zero attached hydrogens (tertiary/aromatic N) is 1. The normalized spacial score (nSPS) is 10.7. The summed E-state index contributed by atoms with van der Waals surface area (Å²) in [4.78, 5) is 7.78. The quantitative estimate of drug-likeness (QED) is 0.648. The lowest BCUT2D eigenvalue weighted by Crippen LogP contribution is -1.90. The molecule has 0 spiro atoms. The molecule has 3 nitrogen and oxygen atoms in total. The molecule has 0 aliphatic heterocycles. The van der Waals surface area contributed by atoms with Crippen LogP contribution in [0.4, 0.5) is 0 Å². The molecule has 0 aliphatic rings. The fraction of sp³-hybridized carbons (Fsp3) is 0.308. The molecule has 17 heavy (non-hydrogen) atoms. The third kappa shape index (κ3) is 3.03. The van der Waals surface area contributed by atoms with E-state index in [1.54, 1.807) is 11.8 Å². The van der Waals surface area contributed by atoms with Crippen LogP contribution in [-0.2, 0) is 0 Å². The minimum absolute atomic E-state index is 0.677. The third-order valence-electron chi connectivity index (χ3n) is 2.20. The molecule has 1 heterocycles. The number of imidazole rings is 1. The molecular weight excluding hydrogens is 232 g/mol. The summed E-state index contributed by atoms with van der Waals surface area (Å²) in [5.41, 5.74) is 3.13. The molecule has 0 unspecified atom stereocenters. The standard InChI is InChI=1S/C13H16N2OS/c1-4-16-10-5-6-11-12(7-10)15-13(14-11)17-8-9(2)3/h5-7H,2,4,8H2,1,3H3,(H,14,15). The van der Waals surface area contributed by atoms with Crippen LogP contribution in [0.1, 0.15) is 13.8 Å². The summed E-state index contributed by atoms with van der Waals surface area (Å²) in [7, 11) is 0. The number of aromatic amines is 1. The molecule has 4 heteroatoms. The predicted octanol–water partition coefficient (Wildman–Crippen LogP) is 3.63. The van der Waals surface area contributed by atoms with Gasteiger partial charge in [0.1, 0.15) is 5.75 Å². The summed E-state index contributed by atoms with van der Waals surface area (Å²) in [5.74, 6) is 1.76. The lowest BCUT2D eigenvalue weighted by Gasteiger charge is -2.00. The van der Waals surface area contributed by atoms with Gasteiger partial charge in [0.25, 0.3) is 0 Å². The Labute approximate surface area is 105 Å². The van der Waals surface area contributed by atoms with E-state index in [0.717, 1.165) is 33.3 Å². The number of hydrogen-bond donors (Lipinski definition) is 1. The summed E-state index contributed by atoms with van der Waals surface area (Å²) in [6.07, 6.45) is 0. The van der Waals surface area contributed by atoms with Crippen LogP contribution in [0.25, 0.3) is 11.0 Å². The molecule has 1 N–H and O–H groups in total. The van der Waals surface area contributed by atoms with Gasteiger partial charge in [0.15, 0.2) is 5.16 Å². The Morgan fingerprint density at radius 2 is 2.35 bits per heavy atom. The average Bonchev–Trinajstić information content (AvgIpc) is 2.69. The first kappa shape index (κ1) is 12.0. The van der Waals surface area contributed by atoms with Crippen molar-refractivity contribution >= 4 is 22.8 Å². The summed E-state index contributed by atoms with van der Waals surface area (Å²) in [6, 6.07) is 5.90. The Balaban J connectivity index is 2.21. The van der Waals surface area contributed by atoms with Crippen LogP contribution in [0.2, 0.25) is 0 Å². The zero-order chi connectivity index (χ0) is 12.3. The van der Waals surface area contributed by atoms with Gasteiger partial charge in [-0.2, -0.15) is 0 Å². The van der Waals surface area contributed by atoms with Gasteiger partial charge in [0.2, 0.25) is 0 Å². The number of hydrogen-bond acceptors (Lipinski definition) is 3. The molecule has 0 saturated carbocycles. The van der Waals surface area contributed by atoms with Crippen LogP contribution in [0.15, 0.2) is 35.5 Å². The third-order valence-corrected chi connectivity index (χ3v) is 3.30. The highest BCUT2D eigenvalue weighted by molar-refractivity contribution is 7.99. The van der Waals surface area contributed by atoms with Crippen molar-refractivity contribution in [2.45, 2.75) is 19.0 Å². The number of rotatable bonds is 5. The Kier molecular flexibility index (Phi) is 3.74. The highest BCUT2D eigenvalue weighted by Gasteiger charge is 2.04. The van der Waals surface area contributed by atoms with Crippen molar-refractivity contribution in [3.63, 3.8) is 0 Å². The van der Waals surface area contributed by atoms with E-state index in [1.807, 2.05) is 32.0 Å². The summed E-state index contributed by atoms with van der Waals surface area (Å²) in [6.45, 7) is 8.55. The highest BCUT2D eigenvalue weighted by atomic mass is 32.2. The van der Waals surface area contributed by atoms with E-state index in [-0.39, 0.29) is 0 Å². The second-order valence-electron chi connectivity index (χ2n) is 3.90. The topological polar surface area (TPSA) is 37.9 Å². The van der Waals surface area contributed by atoms with Gasteiger partial charge in [-0.15, -0.1) is 0 Å². The summed E-state index contributed by atoms with van der Waals surface area (Å²) < 4.78 is 5.45. The SMILES string of the molecule is C=C(C)CSc1nc2ccc(OCC)cc2[nH]1. The van der Waals surface area contributed by atoms with Crippen LogP contribution in [0.5, 0.6) is 5.75 Å². The van der Waals surface area contributed by atoms with Gasteiger partial charge in [0, 0.05) is 11.8 Å². The van der Waals surface area contributed by atoms with Crippen molar-refractivity contribution in [2.75, 3.05) is 12.4 Å². The van der Waals surface area contributed by atoms with E-state index in [1.165, 1.54) is 0 Å². The van der Waals surface area contributed by atoms with Gasteiger partial charge in [-0.1, -0.05) is 23.9 Å². The zero-order valence-electron chi connectivity index (χ0n) is 10.1. The lowest BCUT2D eigenvalue weighted by atomic mass is 10.3. The second kappa shape index (κ2) is 5.27. The van der Waals surface area contributed by atoms with Crippen LogP contribution < -0.4 is 4.74 Å². The molecule has 2 rings (SSSR count). The smallest absolute Gasteiger partial charge is 0.166 e. The van der Waals surface area contributed by atoms with E-state index in [0.29, 0.717) is 6.61 Å². The Bertz CT molecular complexity index is 533. The fourth-order valence-corrected chi connectivity index (χ4v) is 2.21. The second-order valence-corrected chi connectivity index (χ2v) is 4.86. The maximum atomic E-state index is 5.45. The molecule has 0 atom stereocenters. The number of fused-ring (bicyclic) bond motifs is 1. The summed E-state index contributed by atoms with van der Waals surface area (Å²) in [5, 5.41) is 0.927.